The van der Waals surface area contributed by atoms with E-state index < -0.39 is 34.6 Å². The second kappa shape index (κ2) is 9.93. The molecule has 0 bridgehead atoms. The van der Waals surface area contributed by atoms with Crippen molar-refractivity contribution in [2.75, 3.05) is 33.3 Å². The Kier molecular flexibility index (Phi) is 7.28. The van der Waals surface area contributed by atoms with Gasteiger partial charge in [0, 0.05) is 49.3 Å². The summed E-state index contributed by atoms with van der Waals surface area (Å²) >= 11 is 0. The van der Waals surface area contributed by atoms with Gasteiger partial charge in [-0.15, -0.1) is 12.4 Å². The Morgan fingerprint density at radius 3 is 2.66 bits per heavy atom. The van der Waals surface area contributed by atoms with Gasteiger partial charge in [-0.1, -0.05) is 6.07 Å². The number of alkyl halides is 1. The molecule has 2 saturated heterocycles. The number of benzene rings is 1. The summed E-state index contributed by atoms with van der Waals surface area (Å²) in [5.74, 6) is -0.787. The normalized spacial score (nSPS) is 25.5. The number of carbonyl (C=O) groups excluding carboxylic acids is 1. The zero-order chi connectivity index (χ0) is 24.0. The molecule has 1 aromatic heterocycles. The minimum atomic E-state index is -0.995. The van der Waals surface area contributed by atoms with Gasteiger partial charge in [0.05, 0.1) is 11.1 Å². The number of ether oxygens (including phenoxy) is 1. The molecule has 5 rings (SSSR count). The third kappa shape index (κ3) is 4.72. The lowest BCUT2D eigenvalue weighted by molar-refractivity contribution is -0.465. The first-order valence-electron chi connectivity index (χ1n) is 11.9. The number of halogens is 2. The molecular formula is C24H30ClFN4O5. The van der Waals surface area contributed by atoms with Crippen LogP contribution in [0.5, 0.6) is 0 Å². The number of hydrazine groups is 1. The molecule has 1 aliphatic carbocycles. The van der Waals surface area contributed by atoms with Crippen molar-refractivity contribution in [1.82, 2.24) is 14.6 Å². The molecule has 3 aliphatic rings. The number of Topliss-reactive ketones (excluding diaryl/α,β-unsaturated/α-hetero) is 1. The number of hydrogen-bond acceptors (Lipinski definition) is 7. The van der Waals surface area contributed by atoms with Crippen molar-refractivity contribution >= 4 is 29.1 Å². The van der Waals surface area contributed by atoms with Crippen LogP contribution < -0.4 is 5.43 Å². The van der Waals surface area contributed by atoms with Crippen LogP contribution in [0.1, 0.15) is 60.5 Å². The molecule has 0 spiro atoms. The van der Waals surface area contributed by atoms with Crippen molar-refractivity contribution in [3.05, 3.63) is 55.9 Å². The fraction of sp³-hybridized carbons (Fsp3) is 0.583. The minimum absolute atomic E-state index is 0. The van der Waals surface area contributed by atoms with Crippen molar-refractivity contribution in [3.8, 4) is 0 Å². The van der Waals surface area contributed by atoms with Gasteiger partial charge in [0.15, 0.2) is 11.7 Å². The number of carbonyl (C=O) groups is 1. The average Bonchev–Trinajstić information content (AvgIpc) is 3.58. The Morgan fingerprint density at radius 2 is 2.03 bits per heavy atom. The van der Waals surface area contributed by atoms with E-state index in [9.17, 15) is 24.1 Å². The number of aromatic nitrogens is 1. The van der Waals surface area contributed by atoms with E-state index in [2.05, 4.69) is 0 Å². The highest BCUT2D eigenvalue weighted by Gasteiger charge is 2.42. The molecule has 1 aromatic carbocycles. The molecule has 0 amide bonds. The summed E-state index contributed by atoms with van der Waals surface area (Å²) < 4.78 is 22.4. The van der Waals surface area contributed by atoms with Crippen LogP contribution in [-0.4, -0.2) is 64.9 Å². The average molecular weight is 509 g/mol. The second-order valence-corrected chi connectivity index (χ2v) is 9.59. The molecule has 35 heavy (non-hydrogen) atoms. The number of nitro groups is 1. The van der Waals surface area contributed by atoms with Crippen LogP contribution in [0.4, 0.5) is 4.39 Å². The number of methoxy groups -OCH3 is 1. The molecule has 9 nitrogen and oxygen atoms in total. The van der Waals surface area contributed by atoms with Gasteiger partial charge in [-0.25, -0.2) is 14.4 Å². The van der Waals surface area contributed by atoms with E-state index in [1.807, 2.05) is 21.7 Å². The highest BCUT2D eigenvalue weighted by atomic mass is 35.5. The van der Waals surface area contributed by atoms with Crippen molar-refractivity contribution in [2.45, 2.75) is 56.5 Å². The van der Waals surface area contributed by atoms with Gasteiger partial charge in [0.2, 0.25) is 5.78 Å². The lowest BCUT2D eigenvalue weighted by Gasteiger charge is -2.45. The summed E-state index contributed by atoms with van der Waals surface area (Å²) in [7, 11) is 1.63. The molecular weight excluding hydrogens is 479 g/mol. The number of pyridine rings is 1. The van der Waals surface area contributed by atoms with Gasteiger partial charge in [-0.05, 0) is 56.2 Å². The number of rotatable bonds is 7. The number of ketones is 1. The number of hydrogen-bond donors (Lipinski definition) is 0. The first kappa shape index (κ1) is 25.7. The summed E-state index contributed by atoms with van der Waals surface area (Å²) in [6.07, 6.45) is 5.21. The maximum Gasteiger partial charge on any atom is 0.266 e. The van der Waals surface area contributed by atoms with E-state index >= 15 is 0 Å². The molecule has 190 valence electrons. The molecule has 1 saturated carbocycles. The minimum Gasteiger partial charge on any atom is -0.372 e. The number of fused-ring (bicyclic) bond motifs is 1. The molecule has 0 radical (unpaired) electrons. The van der Waals surface area contributed by atoms with Crippen LogP contribution in [0.25, 0.3) is 10.9 Å². The molecule has 2 unspecified atom stereocenters. The highest BCUT2D eigenvalue weighted by molar-refractivity contribution is 5.99. The first-order chi connectivity index (χ1) is 16.3. The van der Waals surface area contributed by atoms with Crippen LogP contribution in [0.2, 0.25) is 0 Å². The van der Waals surface area contributed by atoms with Gasteiger partial charge in [0.1, 0.15) is 5.60 Å². The van der Waals surface area contributed by atoms with E-state index in [1.54, 1.807) is 18.2 Å². The molecule has 2 aromatic rings. The highest BCUT2D eigenvalue weighted by Crippen LogP contribution is 2.40. The maximum atomic E-state index is 14.4. The van der Waals surface area contributed by atoms with E-state index in [0.717, 1.165) is 37.8 Å². The second-order valence-electron chi connectivity index (χ2n) is 9.59. The van der Waals surface area contributed by atoms with E-state index in [4.69, 9.17) is 4.74 Å². The Hall–Kier alpha value is -2.40. The van der Waals surface area contributed by atoms with E-state index in [-0.39, 0.29) is 24.0 Å². The lowest BCUT2D eigenvalue weighted by atomic mass is 9.85. The smallest absolute Gasteiger partial charge is 0.266 e. The van der Waals surface area contributed by atoms with Crippen molar-refractivity contribution in [1.29, 1.82) is 0 Å². The Bertz CT molecular complexity index is 1200. The molecule has 11 heteroatoms. The van der Waals surface area contributed by atoms with E-state index in [1.165, 1.54) is 6.20 Å². The van der Waals surface area contributed by atoms with Gasteiger partial charge in [-0.2, -0.15) is 0 Å². The summed E-state index contributed by atoms with van der Waals surface area (Å²) in [4.78, 5) is 36.0. The van der Waals surface area contributed by atoms with Crippen LogP contribution in [0.3, 0.4) is 0 Å². The van der Waals surface area contributed by atoms with Crippen LogP contribution in [0.15, 0.2) is 29.2 Å². The van der Waals surface area contributed by atoms with Gasteiger partial charge in [-0.3, -0.25) is 19.7 Å². The maximum absolute atomic E-state index is 14.4. The zero-order valence-corrected chi connectivity index (χ0v) is 20.5. The van der Waals surface area contributed by atoms with Gasteiger partial charge in [0.25, 0.3) is 6.54 Å². The molecule has 0 N–H and O–H groups in total. The van der Waals surface area contributed by atoms with Crippen LogP contribution >= 0.6 is 12.4 Å². The monoisotopic (exact) mass is 508 g/mol. The summed E-state index contributed by atoms with van der Waals surface area (Å²) in [5, 5.41) is 15.1. The van der Waals surface area contributed by atoms with E-state index in [0.29, 0.717) is 36.8 Å². The zero-order valence-electron chi connectivity index (χ0n) is 19.7. The standard InChI is InChI=1S/C24H29FN4O5.ClH/c1-34-24(9-3-10-26(15-24)28-11-2-4-22(28)25)16-5-8-20-18(12-16)23(31)19(21(30)14-29(32)33)13-27(20)17-6-7-17;/h5,8,12-13,17,22H,2-4,6-7,9-11,14-15H2,1H3;1H. The molecule has 2 atom stereocenters. The number of piperidine rings is 1. The SMILES string of the molecule is COC1(c2ccc3c(c2)c(=O)c(C(=O)C[N+](=O)[O-])cn3C2CC2)CCCN(N2CCCC2F)C1.Cl. The summed E-state index contributed by atoms with van der Waals surface area (Å²) in [5.41, 5.74) is 0.119. The third-order valence-electron chi connectivity index (χ3n) is 7.41. The quantitative estimate of drug-likeness (QED) is 0.244. The van der Waals surface area contributed by atoms with Gasteiger partial charge >= 0.3 is 0 Å². The summed E-state index contributed by atoms with van der Waals surface area (Å²) in [6, 6.07) is 5.76. The predicted octanol–water partition coefficient (Wildman–Crippen LogP) is 3.46. The van der Waals surface area contributed by atoms with Crippen LogP contribution in [-0.2, 0) is 10.3 Å². The molecule has 3 heterocycles. The third-order valence-corrected chi connectivity index (χ3v) is 7.41. The topological polar surface area (TPSA) is 97.9 Å². The first-order valence-corrected chi connectivity index (χ1v) is 11.9. The fourth-order valence-corrected chi connectivity index (χ4v) is 5.46. The number of nitrogens with zero attached hydrogens (tertiary/aromatic N) is 4. The van der Waals surface area contributed by atoms with Crippen molar-refractivity contribution < 1.29 is 18.8 Å². The molecule has 2 aliphatic heterocycles. The summed E-state index contributed by atoms with van der Waals surface area (Å²) in [6.45, 7) is 0.967. The van der Waals surface area contributed by atoms with Gasteiger partial charge < -0.3 is 9.30 Å². The van der Waals surface area contributed by atoms with Crippen molar-refractivity contribution in [3.63, 3.8) is 0 Å². The van der Waals surface area contributed by atoms with Crippen LogP contribution in [0, 0.1) is 10.1 Å². The largest absolute Gasteiger partial charge is 0.372 e. The van der Waals surface area contributed by atoms with Crippen molar-refractivity contribution in [2.24, 2.45) is 0 Å². The Labute approximate surface area is 208 Å². The Morgan fingerprint density at radius 1 is 1.26 bits per heavy atom. The lowest BCUT2D eigenvalue weighted by Crippen LogP contribution is -2.55. The predicted molar refractivity (Wildman–Crippen MR) is 130 cm³/mol. The Balaban J connectivity index is 0.00000289. The molecule has 3 fully saturated rings. The fourth-order valence-electron chi connectivity index (χ4n) is 5.46.